The standard InChI is InChI=1S/C27H46F2NO4P/c1-3-13-22-14-16-23(17-15-22)24-20-21(2)27(26(29)25(24)28)34-18-11-9-7-5-4-6-8-10-12-19-35(32,33)30-31/h20,22-23,31H,3-19H2,1-2H3,(H2,30,32,33). The van der Waals surface area contributed by atoms with Gasteiger partial charge in [-0.15, -0.1) is 5.25 Å². The summed E-state index contributed by atoms with van der Waals surface area (Å²) in [4.78, 5) is 9.22. The number of ether oxygens (including phenoxy) is 1. The normalized spacial score (nSPS) is 20.1. The lowest BCUT2D eigenvalue weighted by molar-refractivity contribution is 0.222. The Bertz CT molecular complexity index is 800. The molecule has 1 aromatic rings. The summed E-state index contributed by atoms with van der Waals surface area (Å²) in [6, 6.07) is 1.80. The predicted molar refractivity (Wildman–Crippen MR) is 137 cm³/mol. The number of aryl methyl sites for hydroxylation is 1. The van der Waals surface area contributed by atoms with Crippen LogP contribution in [0.2, 0.25) is 0 Å². The molecule has 0 radical (unpaired) electrons. The summed E-state index contributed by atoms with van der Waals surface area (Å²) in [5.74, 6) is -0.646. The highest BCUT2D eigenvalue weighted by molar-refractivity contribution is 7.55. The Morgan fingerprint density at radius 3 is 2.11 bits per heavy atom. The smallest absolute Gasteiger partial charge is 0.289 e. The summed E-state index contributed by atoms with van der Waals surface area (Å²) in [6.45, 7) is 4.40. The molecule has 3 N–H and O–H groups in total. The van der Waals surface area contributed by atoms with E-state index in [9.17, 15) is 18.2 Å². The second-order valence-corrected chi connectivity index (χ2v) is 12.4. The Morgan fingerprint density at radius 1 is 0.971 bits per heavy atom. The van der Waals surface area contributed by atoms with Gasteiger partial charge in [-0.3, -0.25) is 4.57 Å². The minimum absolute atomic E-state index is 0.0646. The number of hydrogen-bond acceptors (Lipinski definition) is 3. The second kappa shape index (κ2) is 16.0. The maximum absolute atomic E-state index is 14.9. The Morgan fingerprint density at radius 2 is 1.54 bits per heavy atom. The molecular formula is C27H46F2NO4P. The van der Waals surface area contributed by atoms with E-state index in [1.54, 1.807) is 6.07 Å². The summed E-state index contributed by atoms with van der Waals surface area (Å²) in [6.07, 6.45) is 15.3. The molecule has 0 amide bonds. The van der Waals surface area contributed by atoms with Crippen LogP contribution in [0.25, 0.3) is 0 Å². The van der Waals surface area contributed by atoms with Gasteiger partial charge >= 0.3 is 0 Å². The molecule has 0 bridgehead atoms. The highest BCUT2D eigenvalue weighted by Gasteiger charge is 2.27. The second-order valence-electron chi connectivity index (χ2n) is 10.3. The molecule has 1 aliphatic carbocycles. The number of rotatable bonds is 17. The van der Waals surface area contributed by atoms with E-state index in [1.807, 2.05) is 6.92 Å². The van der Waals surface area contributed by atoms with Crippen molar-refractivity contribution in [3.63, 3.8) is 0 Å². The van der Waals surface area contributed by atoms with Crippen molar-refractivity contribution >= 4 is 7.52 Å². The van der Waals surface area contributed by atoms with Crippen molar-refractivity contribution in [2.45, 2.75) is 116 Å². The minimum Gasteiger partial charge on any atom is -0.490 e. The third-order valence-electron chi connectivity index (χ3n) is 7.37. The summed E-state index contributed by atoms with van der Waals surface area (Å²) in [5, 5.41) is 10.0. The minimum atomic E-state index is -3.55. The van der Waals surface area contributed by atoms with Crippen LogP contribution in [0.4, 0.5) is 8.78 Å². The van der Waals surface area contributed by atoms with Crippen molar-refractivity contribution < 1.29 is 28.2 Å². The van der Waals surface area contributed by atoms with E-state index in [1.165, 1.54) is 18.1 Å². The third-order valence-corrected chi connectivity index (χ3v) is 8.60. The van der Waals surface area contributed by atoms with Gasteiger partial charge in [-0.05, 0) is 74.5 Å². The molecule has 1 fully saturated rings. The van der Waals surface area contributed by atoms with Crippen LogP contribution >= 0.6 is 7.52 Å². The van der Waals surface area contributed by atoms with Gasteiger partial charge in [0, 0.05) is 6.16 Å². The van der Waals surface area contributed by atoms with E-state index in [2.05, 4.69) is 6.92 Å². The lowest BCUT2D eigenvalue weighted by atomic mass is 9.77. The first-order valence-corrected chi connectivity index (χ1v) is 15.5. The molecule has 0 aliphatic heterocycles. The first-order valence-electron chi connectivity index (χ1n) is 13.6. The fourth-order valence-corrected chi connectivity index (χ4v) is 6.05. The monoisotopic (exact) mass is 517 g/mol. The molecule has 2 rings (SSSR count). The first kappa shape index (κ1) is 30.2. The molecule has 1 unspecified atom stereocenters. The topological polar surface area (TPSA) is 78.8 Å². The van der Waals surface area contributed by atoms with Crippen LogP contribution in [-0.4, -0.2) is 22.9 Å². The van der Waals surface area contributed by atoms with E-state index in [0.717, 1.165) is 83.0 Å². The number of unbranched alkanes of at least 4 members (excludes halogenated alkanes) is 8. The third kappa shape index (κ3) is 10.5. The Hall–Kier alpha value is -1.01. The molecule has 0 heterocycles. The average molecular weight is 518 g/mol. The van der Waals surface area contributed by atoms with Crippen molar-refractivity contribution in [2.75, 3.05) is 12.8 Å². The van der Waals surface area contributed by atoms with Crippen LogP contribution < -0.4 is 9.99 Å². The quantitative estimate of drug-likeness (QED) is 0.110. The van der Waals surface area contributed by atoms with E-state index in [-0.39, 0.29) is 17.8 Å². The molecule has 0 aromatic heterocycles. The number of halogens is 2. The van der Waals surface area contributed by atoms with Gasteiger partial charge in [0.05, 0.1) is 6.61 Å². The van der Waals surface area contributed by atoms with Gasteiger partial charge in [-0.1, -0.05) is 64.7 Å². The molecule has 1 atom stereocenters. The summed E-state index contributed by atoms with van der Waals surface area (Å²) < 4.78 is 46.6. The van der Waals surface area contributed by atoms with E-state index >= 15 is 0 Å². The van der Waals surface area contributed by atoms with Gasteiger partial charge in [0.1, 0.15) is 0 Å². The van der Waals surface area contributed by atoms with Crippen molar-refractivity contribution in [3.05, 3.63) is 28.8 Å². The number of benzene rings is 1. The number of hydrogen-bond donors (Lipinski definition) is 3. The van der Waals surface area contributed by atoms with E-state index in [4.69, 9.17) is 9.94 Å². The van der Waals surface area contributed by atoms with Crippen molar-refractivity contribution in [3.8, 4) is 5.75 Å². The highest BCUT2D eigenvalue weighted by Crippen LogP contribution is 2.41. The van der Waals surface area contributed by atoms with Crippen LogP contribution in [-0.2, 0) is 4.57 Å². The molecule has 0 saturated heterocycles. The van der Waals surface area contributed by atoms with Gasteiger partial charge < -0.3 is 14.8 Å². The summed E-state index contributed by atoms with van der Waals surface area (Å²) in [5.41, 5.74) is 1.21. The van der Waals surface area contributed by atoms with Crippen LogP contribution in [0.15, 0.2) is 6.07 Å². The molecular weight excluding hydrogens is 471 g/mol. The lowest BCUT2D eigenvalue weighted by Gasteiger charge is -2.29. The molecule has 1 saturated carbocycles. The van der Waals surface area contributed by atoms with Crippen molar-refractivity contribution in [2.24, 2.45) is 5.92 Å². The zero-order valence-corrected chi connectivity index (χ0v) is 22.6. The van der Waals surface area contributed by atoms with Gasteiger partial charge in [0.2, 0.25) is 5.82 Å². The van der Waals surface area contributed by atoms with Crippen molar-refractivity contribution in [1.82, 2.24) is 5.25 Å². The molecule has 1 aromatic carbocycles. The van der Waals surface area contributed by atoms with Gasteiger partial charge in [-0.2, -0.15) is 4.39 Å². The summed E-state index contributed by atoms with van der Waals surface area (Å²) in [7, 11) is -3.55. The van der Waals surface area contributed by atoms with Crippen LogP contribution in [0.3, 0.4) is 0 Å². The van der Waals surface area contributed by atoms with Gasteiger partial charge in [0.15, 0.2) is 11.6 Å². The fraction of sp³-hybridized carbons (Fsp3) is 0.778. The highest BCUT2D eigenvalue weighted by atomic mass is 31.2. The average Bonchev–Trinajstić information content (AvgIpc) is 2.84. The predicted octanol–water partition coefficient (Wildman–Crippen LogP) is 8.40. The molecule has 0 spiro atoms. The first-order chi connectivity index (χ1) is 16.8. The van der Waals surface area contributed by atoms with Crippen LogP contribution in [0, 0.1) is 24.5 Å². The van der Waals surface area contributed by atoms with Gasteiger partial charge in [0.25, 0.3) is 7.52 Å². The molecule has 1 aliphatic rings. The Kier molecular flexibility index (Phi) is 13.8. The molecule has 5 nitrogen and oxygen atoms in total. The summed E-state index contributed by atoms with van der Waals surface area (Å²) >= 11 is 0. The maximum atomic E-state index is 14.9. The Balaban J connectivity index is 1.62. The zero-order chi connectivity index (χ0) is 25.7. The lowest BCUT2D eigenvalue weighted by Crippen LogP contribution is -2.15. The molecule has 202 valence electrons. The van der Waals surface area contributed by atoms with Crippen LogP contribution in [0.1, 0.15) is 120 Å². The largest absolute Gasteiger partial charge is 0.490 e. The fourth-order valence-electron chi connectivity index (χ4n) is 5.30. The maximum Gasteiger partial charge on any atom is 0.289 e. The van der Waals surface area contributed by atoms with E-state index in [0.29, 0.717) is 24.2 Å². The Labute approximate surface area is 210 Å². The van der Waals surface area contributed by atoms with Crippen LogP contribution in [0.5, 0.6) is 5.75 Å². The molecule has 8 heteroatoms. The zero-order valence-electron chi connectivity index (χ0n) is 21.7. The van der Waals surface area contributed by atoms with E-state index < -0.39 is 19.2 Å². The van der Waals surface area contributed by atoms with Gasteiger partial charge in [-0.25, -0.2) is 4.39 Å². The SMILES string of the molecule is CCCC1CCC(c2cc(C)c(OCCCCCCCCCCCP(=O)(O)NO)c(F)c2F)CC1. The number of nitrogens with one attached hydrogen (secondary N) is 1. The molecule has 35 heavy (non-hydrogen) atoms. The van der Waals surface area contributed by atoms with Crippen molar-refractivity contribution in [1.29, 1.82) is 0 Å².